The molecule has 4 heteroatoms. The molecule has 14 heavy (non-hydrogen) atoms. The average Bonchev–Trinajstić information content (AvgIpc) is 2.61. The zero-order valence-corrected chi connectivity index (χ0v) is 8.17. The smallest absolute Gasteiger partial charge is 0.0672 e. The van der Waals surface area contributed by atoms with Crippen LogP contribution in [0.25, 0.3) is 10.9 Å². The zero-order valence-electron chi connectivity index (χ0n) is 8.17. The first-order chi connectivity index (χ1) is 6.81. The van der Waals surface area contributed by atoms with Crippen LogP contribution in [0, 0.1) is 0 Å². The number of hydrogen-bond acceptors (Lipinski definition) is 3. The molecule has 0 bridgehead atoms. The van der Waals surface area contributed by atoms with E-state index in [4.69, 9.17) is 5.73 Å². The summed E-state index contributed by atoms with van der Waals surface area (Å²) in [6.45, 7) is 3.06. The molecule has 4 N–H and O–H groups in total. The number of rotatable bonds is 3. The Balaban J connectivity index is 2.38. The Morgan fingerprint density at radius 3 is 3.14 bits per heavy atom. The van der Waals surface area contributed by atoms with Crippen molar-refractivity contribution in [1.82, 2.24) is 10.2 Å². The highest BCUT2D eigenvalue weighted by Gasteiger charge is 2.02. The predicted octanol–water partition coefficient (Wildman–Crippen LogP) is 1.97. The number of nitrogens with two attached hydrogens (primary N) is 1. The molecule has 0 aliphatic carbocycles. The Morgan fingerprint density at radius 1 is 1.50 bits per heavy atom. The summed E-state index contributed by atoms with van der Waals surface area (Å²) in [4.78, 5) is 0. The van der Waals surface area contributed by atoms with Crippen LogP contribution in [-0.2, 0) is 0 Å². The number of aromatic nitrogens is 2. The van der Waals surface area contributed by atoms with Gasteiger partial charge in [0, 0.05) is 11.9 Å². The topological polar surface area (TPSA) is 66.7 Å². The zero-order chi connectivity index (χ0) is 9.97. The van der Waals surface area contributed by atoms with Gasteiger partial charge in [-0.25, -0.2) is 0 Å². The van der Waals surface area contributed by atoms with Gasteiger partial charge in [0.05, 0.1) is 23.1 Å². The summed E-state index contributed by atoms with van der Waals surface area (Å²) in [5, 5.41) is 11.2. The van der Waals surface area contributed by atoms with Crippen LogP contribution < -0.4 is 11.1 Å². The maximum atomic E-state index is 5.88. The number of aromatic amines is 1. The fourth-order valence-corrected chi connectivity index (χ4v) is 1.42. The highest BCUT2D eigenvalue weighted by Crippen LogP contribution is 2.24. The lowest BCUT2D eigenvalue weighted by atomic mass is 10.2. The average molecular weight is 190 g/mol. The minimum atomic E-state index is 0.771. The minimum absolute atomic E-state index is 0.771. The molecule has 1 aromatic heterocycles. The van der Waals surface area contributed by atoms with Crippen molar-refractivity contribution in [2.24, 2.45) is 0 Å². The molecule has 0 aliphatic rings. The van der Waals surface area contributed by atoms with E-state index in [9.17, 15) is 0 Å². The lowest BCUT2D eigenvalue weighted by Crippen LogP contribution is -2.02. The van der Waals surface area contributed by atoms with E-state index >= 15 is 0 Å². The number of anilines is 2. The van der Waals surface area contributed by atoms with Crippen LogP contribution >= 0.6 is 0 Å². The first kappa shape index (κ1) is 8.87. The molecule has 1 aromatic carbocycles. The molecule has 0 aliphatic heterocycles. The van der Waals surface area contributed by atoms with Crippen molar-refractivity contribution < 1.29 is 0 Å². The van der Waals surface area contributed by atoms with E-state index in [2.05, 4.69) is 22.4 Å². The Labute approximate surface area is 82.5 Å². The number of nitrogens with zero attached hydrogens (tertiary/aromatic N) is 1. The van der Waals surface area contributed by atoms with E-state index in [1.54, 1.807) is 6.20 Å². The van der Waals surface area contributed by atoms with E-state index in [1.165, 1.54) is 0 Å². The standard InChI is InChI=1S/C10H14N4/c1-2-3-12-10-5-9-7(4-8(10)11)6-13-14-9/h4-6,12H,2-3,11H2,1H3,(H,13,14). The van der Waals surface area contributed by atoms with E-state index in [0.717, 1.165) is 35.2 Å². The predicted molar refractivity (Wildman–Crippen MR) is 59.3 cm³/mol. The molecule has 0 atom stereocenters. The number of nitrogen functional groups attached to an aromatic ring is 1. The summed E-state index contributed by atoms with van der Waals surface area (Å²) < 4.78 is 0. The summed E-state index contributed by atoms with van der Waals surface area (Å²) in [6, 6.07) is 3.92. The second-order valence-electron chi connectivity index (χ2n) is 3.32. The van der Waals surface area contributed by atoms with Crippen LogP contribution in [-0.4, -0.2) is 16.7 Å². The summed E-state index contributed by atoms with van der Waals surface area (Å²) in [5.74, 6) is 0. The number of nitrogens with one attached hydrogen (secondary N) is 2. The third-order valence-corrected chi connectivity index (χ3v) is 2.18. The Hall–Kier alpha value is -1.71. The van der Waals surface area contributed by atoms with Gasteiger partial charge >= 0.3 is 0 Å². The molecule has 74 valence electrons. The van der Waals surface area contributed by atoms with Crippen LogP contribution in [0.2, 0.25) is 0 Å². The molecule has 0 saturated heterocycles. The van der Waals surface area contributed by atoms with Gasteiger partial charge in [-0.2, -0.15) is 5.10 Å². The van der Waals surface area contributed by atoms with Gasteiger partial charge in [0.2, 0.25) is 0 Å². The van der Waals surface area contributed by atoms with E-state index in [-0.39, 0.29) is 0 Å². The van der Waals surface area contributed by atoms with Crippen molar-refractivity contribution in [2.45, 2.75) is 13.3 Å². The number of hydrogen-bond donors (Lipinski definition) is 3. The molecule has 2 rings (SSSR count). The Kier molecular flexibility index (Phi) is 2.26. The molecule has 2 aromatic rings. The van der Waals surface area contributed by atoms with Crippen LogP contribution in [0.15, 0.2) is 18.3 Å². The lowest BCUT2D eigenvalue weighted by Gasteiger charge is -2.07. The molecule has 0 radical (unpaired) electrons. The fourth-order valence-electron chi connectivity index (χ4n) is 1.42. The van der Waals surface area contributed by atoms with Gasteiger partial charge in [0.25, 0.3) is 0 Å². The molecule has 4 nitrogen and oxygen atoms in total. The van der Waals surface area contributed by atoms with Gasteiger partial charge < -0.3 is 11.1 Å². The van der Waals surface area contributed by atoms with Gasteiger partial charge in [-0.1, -0.05) is 6.92 Å². The number of H-pyrrole nitrogens is 1. The first-order valence-corrected chi connectivity index (χ1v) is 4.77. The van der Waals surface area contributed by atoms with E-state index in [0.29, 0.717) is 0 Å². The highest BCUT2D eigenvalue weighted by molar-refractivity contribution is 5.88. The van der Waals surface area contributed by atoms with Gasteiger partial charge in [0.1, 0.15) is 0 Å². The minimum Gasteiger partial charge on any atom is -0.397 e. The third-order valence-electron chi connectivity index (χ3n) is 2.18. The fraction of sp³-hybridized carbons (Fsp3) is 0.300. The molecular weight excluding hydrogens is 176 g/mol. The molecule has 0 amide bonds. The summed E-state index contributed by atoms with van der Waals surface area (Å²) in [6.07, 6.45) is 2.86. The normalized spacial score (nSPS) is 10.6. The van der Waals surface area contributed by atoms with Crippen LogP contribution in [0.1, 0.15) is 13.3 Å². The third kappa shape index (κ3) is 1.51. The molecule has 1 heterocycles. The molecule has 0 spiro atoms. The maximum absolute atomic E-state index is 5.88. The van der Waals surface area contributed by atoms with E-state index < -0.39 is 0 Å². The second-order valence-corrected chi connectivity index (χ2v) is 3.32. The van der Waals surface area contributed by atoms with Crippen molar-refractivity contribution in [3.8, 4) is 0 Å². The first-order valence-electron chi connectivity index (χ1n) is 4.77. The van der Waals surface area contributed by atoms with Crippen LogP contribution in [0.3, 0.4) is 0 Å². The van der Waals surface area contributed by atoms with Crippen molar-refractivity contribution in [3.05, 3.63) is 18.3 Å². The lowest BCUT2D eigenvalue weighted by molar-refractivity contribution is 0.980. The largest absolute Gasteiger partial charge is 0.397 e. The van der Waals surface area contributed by atoms with Gasteiger partial charge in [0.15, 0.2) is 0 Å². The van der Waals surface area contributed by atoms with Crippen molar-refractivity contribution >= 4 is 22.3 Å². The molecule has 0 unspecified atom stereocenters. The quantitative estimate of drug-likeness (QED) is 0.648. The SMILES string of the molecule is CCCNc1cc2[nH]ncc2cc1N. The maximum Gasteiger partial charge on any atom is 0.0672 e. The number of fused-ring (bicyclic) bond motifs is 1. The Morgan fingerprint density at radius 2 is 2.36 bits per heavy atom. The summed E-state index contributed by atoms with van der Waals surface area (Å²) >= 11 is 0. The second kappa shape index (κ2) is 3.57. The highest BCUT2D eigenvalue weighted by atomic mass is 15.1. The number of benzene rings is 1. The van der Waals surface area contributed by atoms with Crippen LogP contribution in [0.5, 0.6) is 0 Å². The Bertz CT molecular complexity index is 433. The summed E-state index contributed by atoms with van der Waals surface area (Å²) in [7, 11) is 0. The summed E-state index contributed by atoms with van der Waals surface area (Å²) in [5.41, 5.74) is 8.64. The van der Waals surface area contributed by atoms with Gasteiger partial charge in [-0.3, -0.25) is 5.10 Å². The monoisotopic (exact) mass is 190 g/mol. The molecule has 0 fully saturated rings. The van der Waals surface area contributed by atoms with Crippen LogP contribution in [0.4, 0.5) is 11.4 Å². The van der Waals surface area contributed by atoms with Gasteiger partial charge in [-0.15, -0.1) is 0 Å². The molecular formula is C10H14N4. The van der Waals surface area contributed by atoms with E-state index in [1.807, 2.05) is 12.1 Å². The van der Waals surface area contributed by atoms with Gasteiger partial charge in [-0.05, 0) is 18.6 Å². The van der Waals surface area contributed by atoms with Crippen molar-refractivity contribution in [2.75, 3.05) is 17.6 Å². The van der Waals surface area contributed by atoms with Crippen molar-refractivity contribution in [1.29, 1.82) is 0 Å². The molecule has 0 saturated carbocycles. The van der Waals surface area contributed by atoms with Crippen molar-refractivity contribution in [3.63, 3.8) is 0 Å².